The van der Waals surface area contributed by atoms with E-state index in [-0.39, 0.29) is 10.5 Å². The molecular formula is C16H15IN2O5S. The van der Waals surface area contributed by atoms with Gasteiger partial charge in [0.2, 0.25) is 10.0 Å². The van der Waals surface area contributed by atoms with Gasteiger partial charge in [0, 0.05) is 9.26 Å². The highest BCUT2D eigenvalue weighted by Gasteiger charge is 2.16. The first-order valence-corrected chi connectivity index (χ1v) is 9.64. The average Bonchev–Trinajstić information content (AvgIpc) is 2.61. The van der Waals surface area contributed by atoms with Gasteiger partial charge in [-0.15, -0.1) is 0 Å². The summed E-state index contributed by atoms with van der Waals surface area (Å²) in [7, 11) is -2.39. The lowest BCUT2D eigenvalue weighted by Gasteiger charge is -2.08. The van der Waals surface area contributed by atoms with Crippen molar-refractivity contribution in [1.29, 1.82) is 0 Å². The number of amides is 1. The Morgan fingerprint density at radius 1 is 1.12 bits per heavy atom. The highest BCUT2D eigenvalue weighted by molar-refractivity contribution is 14.1. The number of hydrogen-bond donors (Lipinski definition) is 2. The van der Waals surface area contributed by atoms with Crippen LogP contribution in [0.15, 0.2) is 53.4 Å². The van der Waals surface area contributed by atoms with Crippen molar-refractivity contribution >= 4 is 50.2 Å². The second-order valence-electron chi connectivity index (χ2n) is 4.87. The standard InChI is InChI=1S/C16H15IN2O5S/c1-18-25(22,23)14-4-2-3-11(9-14)16(21)24-10-15(20)19-13-7-5-12(17)6-8-13/h2-9,18H,10H2,1H3,(H,19,20). The van der Waals surface area contributed by atoms with Crippen molar-refractivity contribution in [1.82, 2.24) is 4.72 Å². The summed E-state index contributed by atoms with van der Waals surface area (Å²) in [6.45, 7) is -0.478. The molecule has 25 heavy (non-hydrogen) atoms. The number of ether oxygens (including phenoxy) is 1. The molecule has 0 heterocycles. The fourth-order valence-electron chi connectivity index (χ4n) is 1.85. The molecule has 7 nitrogen and oxygen atoms in total. The van der Waals surface area contributed by atoms with E-state index in [1.807, 2.05) is 12.1 Å². The van der Waals surface area contributed by atoms with Crippen LogP contribution in [0.4, 0.5) is 5.69 Å². The second kappa shape index (κ2) is 8.41. The fourth-order valence-corrected chi connectivity index (χ4v) is 2.99. The van der Waals surface area contributed by atoms with Gasteiger partial charge in [0.1, 0.15) is 0 Å². The van der Waals surface area contributed by atoms with Crippen LogP contribution in [0.5, 0.6) is 0 Å². The number of anilines is 1. The fraction of sp³-hybridized carbons (Fsp3) is 0.125. The molecule has 0 atom stereocenters. The van der Waals surface area contributed by atoms with E-state index in [0.29, 0.717) is 5.69 Å². The summed E-state index contributed by atoms with van der Waals surface area (Å²) in [5.74, 6) is -1.28. The molecule has 9 heteroatoms. The van der Waals surface area contributed by atoms with Crippen molar-refractivity contribution in [3.63, 3.8) is 0 Å². The van der Waals surface area contributed by atoms with Gasteiger partial charge in [-0.25, -0.2) is 17.9 Å². The van der Waals surface area contributed by atoms with Crippen LogP contribution >= 0.6 is 22.6 Å². The Morgan fingerprint density at radius 3 is 2.44 bits per heavy atom. The van der Waals surface area contributed by atoms with Crippen LogP contribution in [0.25, 0.3) is 0 Å². The van der Waals surface area contributed by atoms with Gasteiger partial charge in [0.15, 0.2) is 6.61 Å². The minimum absolute atomic E-state index is 0.0402. The largest absolute Gasteiger partial charge is 0.452 e. The predicted octanol–water partition coefficient (Wildman–Crippen LogP) is 1.99. The van der Waals surface area contributed by atoms with E-state index in [0.717, 1.165) is 3.57 Å². The molecule has 2 rings (SSSR count). The lowest BCUT2D eigenvalue weighted by molar-refractivity contribution is -0.119. The predicted molar refractivity (Wildman–Crippen MR) is 101 cm³/mol. The molecule has 0 aliphatic rings. The van der Waals surface area contributed by atoms with Crippen molar-refractivity contribution in [3.05, 3.63) is 57.7 Å². The number of carbonyl (C=O) groups is 2. The third-order valence-corrected chi connectivity index (χ3v) is 5.24. The first-order valence-electron chi connectivity index (χ1n) is 7.08. The lowest BCUT2D eigenvalue weighted by atomic mass is 10.2. The lowest BCUT2D eigenvalue weighted by Crippen LogP contribution is -2.21. The summed E-state index contributed by atoms with van der Waals surface area (Å²) in [5.41, 5.74) is 0.627. The van der Waals surface area contributed by atoms with E-state index in [9.17, 15) is 18.0 Å². The summed E-state index contributed by atoms with van der Waals surface area (Å²) in [5, 5.41) is 2.60. The number of hydrogen-bond acceptors (Lipinski definition) is 5. The molecule has 2 N–H and O–H groups in total. The number of nitrogens with one attached hydrogen (secondary N) is 2. The van der Waals surface area contributed by atoms with Crippen LogP contribution in [0.3, 0.4) is 0 Å². The highest BCUT2D eigenvalue weighted by Crippen LogP contribution is 2.13. The molecule has 1 amide bonds. The maximum Gasteiger partial charge on any atom is 0.338 e. The summed E-state index contributed by atoms with van der Waals surface area (Å²) in [4.78, 5) is 23.7. The monoisotopic (exact) mass is 474 g/mol. The van der Waals surface area contributed by atoms with Gasteiger partial charge in [-0.2, -0.15) is 0 Å². The zero-order chi connectivity index (χ0) is 18.4. The van der Waals surface area contributed by atoms with Crippen LogP contribution in [0, 0.1) is 3.57 Å². The number of sulfonamides is 1. The second-order valence-corrected chi connectivity index (χ2v) is 8.00. The van der Waals surface area contributed by atoms with E-state index in [1.165, 1.54) is 31.3 Å². The van der Waals surface area contributed by atoms with Crippen LogP contribution in [-0.2, 0) is 19.6 Å². The quantitative estimate of drug-likeness (QED) is 0.493. The molecule has 0 bridgehead atoms. The van der Waals surface area contributed by atoms with Gasteiger partial charge in [0.05, 0.1) is 10.5 Å². The molecule has 0 aliphatic carbocycles. The number of benzene rings is 2. The molecule has 2 aromatic rings. The zero-order valence-corrected chi connectivity index (χ0v) is 16.1. The first-order chi connectivity index (χ1) is 11.8. The molecule has 0 unspecified atom stereocenters. The van der Waals surface area contributed by atoms with Crippen molar-refractivity contribution in [2.45, 2.75) is 4.90 Å². The molecule has 0 aromatic heterocycles. The van der Waals surface area contributed by atoms with E-state index in [4.69, 9.17) is 4.74 Å². The molecule has 0 saturated heterocycles. The molecule has 0 spiro atoms. The number of esters is 1. The third-order valence-electron chi connectivity index (χ3n) is 3.11. The normalized spacial score (nSPS) is 11.0. The van der Waals surface area contributed by atoms with Gasteiger partial charge >= 0.3 is 5.97 Å². The van der Waals surface area contributed by atoms with Crippen molar-refractivity contribution in [2.75, 3.05) is 19.0 Å². The van der Waals surface area contributed by atoms with Crippen molar-refractivity contribution in [2.24, 2.45) is 0 Å². The van der Waals surface area contributed by atoms with E-state index >= 15 is 0 Å². The van der Waals surface area contributed by atoms with Crippen LogP contribution in [-0.4, -0.2) is 33.9 Å². The van der Waals surface area contributed by atoms with Crippen LogP contribution < -0.4 is 10.0 Å². The topological polar surface area (TPSA) is 102 Å². The maximum absolute atomic E-state index is 12.0. The number of carbonyl (C=O) groups excluding carboxylic acids is 2. The van der Waals surface area contributed by atoms with Gasteiger partial charge in [-0.05, 0) is 72.1 Å². The van der Waals surface area contributed by atoms with E-state index in [1.54, 1.807) is 12.1 Å². The molecular weight excluding hydrogens is 459 g/mol. The Morgan fingerprint density at radius 2 is 1.80 bits per heavy atom. The minimum Gasteiger partial charge on any atom is -0.452 e. The molecule has 2 aromatic carbocycles. The Balaban J connectivity index is 1.97. The SMILES string of the molecule is CNS(=O)(=O)c1cccc(C(=O)OCC(=O)Nc2ccc(I)cc2)c1. The van der Waals surface area contributed by atoms with Gasteiger partial charge in [-0.1, -0.05) is 6.07 Å². The molecule has 0 saturated carbocycles. The molecule has 0 fully saturated rings. The Kier molecular flexibility index (Phi) is 6.51. The summed E-state index contributed by atoms with van der Waals surface area (Å²) < 4.78 is 31.6. The smallest absolute Gasteiger partial charge is 0.338 e. The van der Waals surface area contributed by atoms with E-state index in [2.05, 4.69) is 32.6 Å². The maximum atomic E-state index is 12.0. The number of rotatable bonds is 6. The Hall–Kier alpha value is -1.98. The molecule has 0 aliphatic heterocycles. The highest BCUT2D eigenvalue weighted by atomic mass is 127. The van der Waals surface area contributed by atoms with E-state index < -0.39 is 28.5 Å². The summed E-state index contributed by atoms with van der Waals surface area (Å²) in [6, 6.07) is 12.5. The van der Waals surface area contributed by atoms with Crippen molar-refractivity contribution < 1.29 is 22.7 Å². The molecule has 0 radical (unpaired) electrons. The number of halogens is 1. The van der Waals surface area contributed by atoms with Crippen molar-refractivity contribution in [3.8, 4) is 0 Å². The Bertz CT molecular complexity index is 882. The Labute approximate surface area is 159 Å². The molecule has 132 valence electrons. The van der Waals surface area contributed by atoms with Gasteiger partial charge in [-0.3, -0.25) is 4.79 Å². The third kappa shape index (κ3) is 5.51. The van der Waals surface area contributed by atoms with Crippen LogP contribution in [0.1, 0.15) is 10.4 Å². The summed E-state index contributed by atoms with van der Waals surface area (Å²) >= 11 is 2.14. The van der Waals surface area contributed by atoms with Crippen LogP contribution in [0.2, 0.25) is 0 Å². The average molecular weight is 474 g/mol. The van der Waals surface area contributed by atoms with Gasteiger partial charge in [0.25, 0.3) is 5.91 Å². The minimum atomic E-state index is -3.67. The zero-order valence-electron chi connectivity index (χ0n) is 13.2. The summed E-state index contributed by atoms with van der Waals surface area (Å²) in [6.07, 6.45) is 0. The first kappa shape index (κ1) is 19.3. The van der Waals surface area contributed by atoms with Gasteiger partial charge < -0.3 is 10.1 Å².